The zero-order chi connectivity index (χ0) is 40.8. The van der Waals surface area contributed by atoms with Gasteiger partial charge in [-0.15, -0.1) is 0 Å². The number of amides is 1. The Hall–Kier alpha value is -2.92. The lowest BCUT2D eigenvalue weighted by Gasteiger charge is -2.62. The van der Waals surface area contributed by atoms with Crippen LogP contribution in [0.5, 0.6) is 0 Å². The molecule has 1 amide bonds. The average molecular weight is 873 g/mol. The largest absolute Gasteiger partial charge is 0.494 e. The number of carboxylic acid groups (broad SMARTS) is 1. The van der Waals surface area contributed by atoms with Crippen molar-refractivity contribution in [2.75, 3.05) is 25.5 Å². The van der Waals surface area contributed by atoms with E-state index in [0.29, 0.717) is 29.7 Å². The number of carbonyl (C=O) groups is 2. The van der Waals surface area contributed by atoms with Crippen molar-refractivity contribution >= 4 is 52.7 Å². The van der Waals surface area contributed by atoms with Crippen LogP contribution in [0.25, 0.3) is 10.4 Å². The van der Waals surface area contributed by atoms with Crippen LogP contribution in [0.2, 0.25) is 0 Å². The van der Waals surface area contributed by atoms with Gasteiger partial charge < -0.3 is 29.7 Å². The second-order valence-corrected chi connectivity index (χ2v) is 18.8. The molecule has 2 heterocycles. The summed E-state index contributed by atoms with van der Waals surface area (Å²) in [7, 11) is 3.18. The summed E-state index contributed by atoms with van der Waals surface area (Å²) in [6, 6.07) is 10.7. The zero-order valence-corrected chi connectivity index (χ0v) is 36.2. The van der Waals surface area contributed by atoms with Gasteiger partial charge in [0, 0.05) is 40.2 Å². The quantitative estimate of drug-likeness (QED) is 0.0813. The van der Waals surface area contributed by atoms with E-state index in [-0.39, 0.29) is 24.1 Å². The first-order valence-electron chi connectivity index (χ1n) is 19.2. The standard InChI is InChI=1S/C25H36IN5O3.C15H22BNO4/c1-13-16(7-6-8-19(13)26)12-31-23(22(15(3)32)21(34-31)11-28-30-27)24(33)29-20-10-17-9-18(14(20)2)25(17,4)5;1-14(2)15(3,4)21-16(20-14)11-7-10(13(18)19)8-12(9-11)17(5)6/h6-8,14-15,17-18,20-23,32H,9-12H2,1-5H3,(H,29,33);7-9H,1-6H3,(H,18,19)/t14-,15-,17+,18-,20-,21-,22+,23-;/m0./s1. The molecule has 3 aliphatic carbocycles. The van der Waals surface area contributed by atoms with Crippen LogP contribution >= 0.6 is 22.6 Å². The number of nitrogens with zero attached hydrogens (tertiary/aromatic N) is 5. The molecule has 15 heteroatoms. The third-order valence-corrected chi connectivity index (χ3v) is 14.3. The highest BCUT2D eigenvalue weighted by Crippen LogP contribution is 2.61. The first-order valence-corrected chi connectivity index (χ1v) is 20.3. The molecule has 3 saturated carbocycles. The number of rotatable bonds is 10. The third kappa shape index (κ3) is 8.83. The van der Waals surface area contributed by atoms with Crippen LogP contribution in [0.3, 0.4) is 0 Å². The number of fused-ring (bicyclic) bond motifs is 2. The third-order valence-electron chi connectivity index (χ3n) is 13.1. The molecule has 5 fully saturated rings. The van der Waals surface area contributed by atoms with Crippen molar-refractivity contribution in [1.82, 2.24) is 10.4 Å². The topological polar surface area (TPSA) is 170 Å². The molecule has 0 spiro atoms. The molecule has 0 aromatic heterocycles. The Kier molecular flexibility index (Phi) is 13.0. The lowest BCUT2D eigenvalue weighted by Crippen LogP contribution is -2.62. The lowest BCUT2D eigenvalue weighted by atomic mass is 9.45. The number of nitrogens with one attached hydrogen (secondary N) is 1. The predicted molar refractivity (Wildman–Crippen MR) is 222 cm³/mol. The van der Waals surface area contributed by atoms with E-state index in [9.17, 15) is 19.8 Å². The summed E-state index contributed by atoms with van der Waals surface area (Å²) >= 11 is 2.31. The number of halogens is 1. The number of carboxylic acids is 1. The molecule has 300 valence electrons. The molecular formula is C40H58BIN6O7. The summed E-state index contributed by atoms with van der Waals surface area (Å²) < 4.78 is 13.1. The Labute approximate surface area is 339 Å². The summed E-state index contributed by atoms with van der Waals surface area (Å²) in [6.45, 7) is 19.1. The fourth-order valence-electron chi connectivity index (χ4n) is 8.72. The number of aliphatic hydroxyl groups excluding tert-OH is 1. The van der Waals surface area contributed by atoms with Gasteiger partial charge in [0.05, 0.1) is 42.1 Å². The molecule has 2 aliphatic heterocycles. The van der Waals surface area contributed by atoms with Crippen molar-refractivity contribution in [2.45, 2.75) is 117 Å². The first kappa shape index (κ1) is 43.2. The molecule has 8 atom stereocenters. The molecule has 5 aliphatic rings. The highest BCUT2D eigenvalue weighted by atomic mass is 127. The fraction of sp³-hybridized carbons (Fsp3) is 0.650. The number of aromatic carboxylic acids is 1. The fourth-order valence-corrected chi connectivity index (χ4v) is 9.28. The van der Waals surface area contributed by atoms with Crippen molar-refractivity contribution in [3.05, 3.63) is 67.1 Å². The number of hydrogen-bond acceptors (Lipinski definition) is 9. The van der Waals surface area contributed by atoms with Gasteiger partial charge in [-0.2, -0.15) is 5.06 Å². The van der Waals surface area contributed by atoms with Gasteiger partial charge in [-0.1, -0.05) is 38.0 Å². The van der Waals surface area contributed by atoms with E-state index in [2.05, 4.69) is 71.7 Å². The first-order chi connectivity index (χ1) is 25.6. The van der Waals surface area contributed by atoms with Gasteiger partial charge in [0.15, 0.2) is 0 Å². The van der Waals surface area contributed by atoms with Crippen LogP contribution in [0.15, 0.2) is 41.5 Å². The molecule has 0 radical (unpaired) electrons. The van der Waals surface area contributed by atoms with Crippen LogP contribution in [-0.4, -0.2) is 90.4 Å². The minimum atomic E-state index is -0.962. The zero-order valence-electron chi connectivity index (χ0n) is 34.0. The van der Waals surface area contributed by atoms with E-state index in [4.69, 9.17) is 19.7 Å². The maximum absolute atomic E-state index is 13.8. The molecule has 55 heavy (non-hydrogen) atoms. The van der Waals surface area contributed by atoms with E-state index < -0.39 is 48.5 Å². The predicted octanol–water partition coefficient (Wildman–Crippen LogP) is 6.33. The molecule has 2 aromatic rings. The van der Waals surface area contributed by atoms with Crippen molar-refractivity contribution in [3.8, 4) is 0 Å². The molecular weight excluding hydrogens is 814 g/mol. The Morgan fingerprint density at radius 2 is 1.78 bits per heavy atom. The number of anilines is 1. The van der Waals surface area contributed by atoms with Crippen molar-refractivity contribution in [1.29, 1.82) is 0 Å². The summed E-state index contributed by atoms with van der Waals surface area (Å²) in [4.78, 5) is 36.0. The number of hydrogen-bond donors (Lipinski definition) is 3. The maximum Gasteiger partial charge on any atom is 0.494 e. The van der Waals surface area contributed by atoms with E-state index in [1.54, 1.807) is 24.1 Å². The van der Waals surface area contributed by atoms with Crippen LogP contribution in [0.1, 0.15) is 89.7 Å². The summed E-state index contributed by atoms with van der Waals surface area (Å²) in [5.41, 5.74) is 12.3. The summed E-state index contributed by atoms with van der Waals surface area (Å²) in [5.74, 6) is 0.0752. The molecule has 2 aromatic carbocycles. The number of carbonyl (C=O) groups excluding carboxylic acids is 1. The van der Waals surface area contributed by atoms with Gasteiger partial charge in [-0.3, -0.25) is 9.63 Å². The average Bonchev–Trinajstić information content (AvgIpc) is 3.58. The molecule has 13 nitrogen and oxygen atoms in total. The monoisotopic (exact) mass is 872 g/mol. The molecule has 0 unspecified atom stereocenters. The Morgan fingerprint density at radius 1 is 1.13 bits per heavy atom. The van der Waals surface area contributed by atoms with Gasteiger partial charge in [0.1, 0.15) is 6.04 Å². The SMILES string of the molecule is CN(C)c1cc(B2OC(C)(C)C(C)(C)O2)cc(C(=O)O)c1.Cc1c(I)cccc1CN1O[C@@H](CN=[N+]=[N-])[C@@H]([C@H](C)O)[C@H]1C(=O)N[C@H]1C[C@H]2C[C@@H]([C@@H]1C)C2(C)C. The number of azide groups is 1. The Bertz CT molecular complexity index is 1780. The Morgan fingerprint density at radius 3 is 2.33 bits per heavy atom. The maximum atomic E-state index is 13.8. The van der Waals surface area contributed by atoms with Crippen LogP contribution in [0, 0.1) is 39.6 Å². The minimum Gasteiger partial charge on any atom is -0.478 e. The Balaban J connectivity index is 0.000000237. The number of hydroxylamine groups is 2. The lowest BCUT2D eigenvalue weighted by molar-refractivity contribution is -0.175. The second kappa shape index (κ2) is 16.5. The highest BCUT2D eigenvalue weighted by Gasteiger charge is 2.57. The molecule has 2 bridgehead atoms. The van der Waals surface area contributed by atoms with Gasteiger partial charge >= 0.3 is 13.1 Å². The van der Waals surface area contributed by atoms with Gasteiger partial charge in [-0.05, 0) is 147 Å². The van der Waals surface area contributed by atoms with E-state index in [1.807, 2.05) is 64.9 Å². The van der Waals surface area contributed by atoms with E-state index >= 15 is 0 Å². The van der Waals surface area contributed by atoms with E-state index in [1.165, 1.54) is 6.42 Å². The van der Waals surface area contributed by atoms with Gasteiger partial charge in [0.25, 0.3) is 0 Å². The smallest absolute Gasteiger partial charge is 0.478 e. The molecule has 7 rings (SSSR count). The van der Waals surface area contributed by atoms with E-state index in [0.717, 1.165) is 32.3 Å². The van der Waals surface area contributed by atoms with Crippen LogP contribution in [0.4, 0.5) is 5.69 Å². The van der Waals surface area contributed by atoms with Crippen LogP contribution < -0.4 is 15.7 Å². The molecule has 3 N–H and O–H groups in total. The summed E-state index contributed by atoms with van der Waals surface area (Å²) in [5, 5.41) is 28.7. The van der Waals surface area contributed by atoms with Crippen molar-refractivity contribution in [3.63, 3.8) is 0 Å². The van der Waals surface area contributed by atoms with Crippen LogP contribution in [-0.2, 0) is 25.5 Å². The van der Waals surface area contributed by atoms with Crippen molar-refractivity contribution in [2.24, 2.45) is 34.2 Å². The van der Waals surface area contributed by atoms with Crippen molar-refractivity contribution < 1.29 is 33.9 Å². The van der Waals surface area contributed by atoms with Gasteiger partial charge in [-0.25, -0.2) is 4.79 Å². The highest BCUT2D eigenvalue weighted by molar-refractivity contribution is 14.1. The minimum absolute atomic E-state index is 0.0653. The summed E-state index contributed by atoms with van der Waals surface area (Å²) in [6.07, 6.45) is 0.871. The number of benzene rings is 2. The second-order valence-electron chi connectivity index (χ2n) is 17.6. The number of aliphatic hydroxyl groups is 1. The van der Waals surface area contributed by atoms with Gasteiger partial charge in [0.2, 0.25) is 5.91 Å². The molecule has 2 saturated heterocycles. The normalized spacial score (nSPS) is 29.3.